The summed E-state index contributed by atoms with van der Waals surface area (Å²) in [6.45, 7) is 7.08. The molecule has 1 fully saturated rings. The van der Waals surface area contributed by atoms with Gasteiger partial charge in [0.15, 0.2) is 0 Å². The van der Waals surface area contributed by atoms with Crippen molar-refractivity contribution >= 4 is 15.9 Å². The topological polar surface area (TPSA) is 21.3 Å². The number of ether oxygens (including phenoxy) is 1. The van der Waals surface area contributed by atoms with Crippen LogP contribution in [0.2, 0.25) is 0 Å². The molecule has 1 aromatic carbocycles. The number of hydrogen-bond donors (Lipinski definition) is 1. The minimum absolute atomic E-state index is 0.203. The van der Waals surface area contributed by atoms with Crippen LogP contribution in [0.25, 0.3) is 0 Å². The zero-order chi connectivity index (χ0) is 13.9. The van der Waals surface area contributed by atoms with Crippen molar-refractivity contribution in [3.8, 4) is 0 Å². The van der Waals surface area contributed by atoms with Gasteiger partial charge in [0, 0.05) is 30.3 Å². The van der Waals surface area contributed by atoms with Crippen LogP contribution in [0.3, 0.4) is 0 Å². The molecule has 1 N–H and O–H groups in total. The van der Waals surface area contributed by atoms with Gasteiger partial charge in [0.2, 0.25) is 0 Å². The molecule has 2 rings (SSSR count). The Morgan fingerprint density at radius 2 is 2.11 bits per heavy atom. The summed E-state index contributed by atoms with van der Waals surface area (Å²) in [7, 11) is 0. The van der Waals surface area contributed by atoms with E-state index >= 15 is 0 Å². The van der Waals surface area contributed by atoms with Gasteiger partial charge in [-0.15, -0.1) is 0 Å². The highest BCUT2D eigenvalue weighted by atomic mass is 79.9. The molecule has 1 heterocycles. The van der Waals surface area contributed by atoms with Crippen molar-refractivity contribution in [2.45, 2.75) is 32.7 Å². The summed E-state index contributed by atoms with van der Waals surface area (Å²) in [4.78, 5) is 0. The predicted octanol–water partition coefficient (Wildman–Crippen LogP) is 4.06. The second kappa shape index (κ2) is 6.33. The van der Waals surface area contributed by atoms with Crippen LogP contribution in [0, 0.1) is 11.2 Å². The lowest BCUT2D eigenvalue weighted by molar-refractivity contribution is 0.0231. The highest BCUT2D eigenvalue weighted by Gasteiger charge is 2.27. The molecule has 0 aliphatic carbocycles. The van der Waals surface area contributed by atoms with Gasteiger partial charge < -0.3 is 10.1 Å². The maximum absolute atomic E-state index is 13.1. The molecule has 1 saturated heterocycles. The SMILES string of the molecule is CC(NCC1(C)CCOCC1)c1ccc(F)cc1Br. The van der Waals surface area contributed by atoms with Crippen molar-refractivity contribution in [3.63, 3.8) is 0 Å². The summed E-state index contributed by atoms with van der Waals surface area (Å²) >= 11 is 3.43. The molecule has 1 atom stereocenters. The van der Waals surface area contributed by atoms with Crippen molar-refractivity contribution in [1.82, 2.24) is 5.32 Å². The number of rotatable bonds is 4. The summed E-state index contributed by atoms with van der Waals surface area (Å²) in [6.07, 6.45) is 2.19. The molecular weight excluding hydrogens is 309 g/mol. The van der Waals surface area contributed by atoms with Crippen LogP contribution < -0.4 is 5.32 Å². The highest BCUT2D eigenvalue weighted by molar-refractivity contribution is 9.10. The van der Waals surface area contributed by atoms with Crippen molar-refractivity contribution in [3.05, 3.63) is 34.1 Å². The molecule has 0 amide bonds. The summed E-state index contributed by atoms with van der Waals surface area (Å²) in [6, 6.07) is 5.07. The van der Waals surface area contributed by atoms with Crippen LogP contribution in [0.15, 0.2) is 22.7 Å². The minimum Gasteiger partial charge on any atom is -0.381 e. The third kappa shape index (κ3) is 4.01. The number of hydrogen-bond acceptors (Lipinski definition) is 2. The van der Waals surface area contributed by atoms with E-state index in [-0.39, 0.29) is 11.9 Å². The van der Waals surface area contributed by atoms with Gasteiger partial charge in [-0.2, -0.15) is 0 Å². The Balaban J connectivity index is 1.95. The Hall–Kier alpha value is -0.450. The lowest BCUT2D eigenvalue weighted by Gasteiger charge is -2.35. The van der Waals surface area contributed by atoms with E-state index in [4.69, 9.17) is 4.74 Å². The van der Waals surface area contributed by atoms with Crippen LogP contribution in [0.5, 0.6) is 0 Å². The summed E-state index contributed by atoms with van der Waals surface area (Å²) in [5.74, 6) is -0.209. The van der Waals surface area contributed by atoms with Gasteiger partial charge in [-0.1, -0.05) is 28.9 Å². The zero-order valence-corrected chi connectivity index (χ0v) is 13.1. The van der Waals surface area contributed by atoms with Gasteiger partial charge in [-0.25, -0.2) is 4.39 Å². The Labute approximate surface area is 122 Å². The Morgan fingerprint density at radius 1 is 1.42 bits per heavy atom. The van der Waals surface area contributed by atoms with E-state index in [0.717, 1.165) is 42.6 Å². The standard InChI is InChI=1S/C15H21BrFNO/c1-11(13-4-3-12(17)9-14(13)16)18-10-15(2)5-7-19-8-6-15/h3-4,9,11,18H,5-8,10H2,1-2H3. The smallest absolute Gasteiger partial charge is 0.124 e. The van der Waals surface area contributed by atoms with Gasteiger partial charge in [0.25, 0.3) is 0 Å². The lowest BCUT2D eigenvalue weighted by Crippen LogP contribution is -2.37. The maximum atomic E-state index is 13.1. The first-order valence-corrected chi connectivity index (χ1v) is 7.56. The van der Waals surface area contributed by atoms with Crippen molar-refractivity contribution in [1.29, 1.82) is 0 Å². The molecule has 4 heteroatoms. The van der Waals surface area contributed by atoms with Crippen LogP contribution in [-0.4, -0.2) is 19.8 Å². The molecule has 19 heavy (non-hydrogen) atoms. The number of nitrogens with one attached hydrogen (secondary N) is 1. The summed E-state index contributed by atoms with van der Waals surface area (Å²) < 4.78 is 19.3. The first kappa shape index (κ1) is 14.9. The van der Waals surface area contributed by atoms with Gasteiger partial charge in [-0.3, -0.25) is 0 Å². The van der Waals surface area contributed by atoms with Gasteiger partial charge >= 0.3 is 0 Å². The molecule has 1 aliphatic rings. The van der Waals surface area contributed by atoms with Crippen molar-refractivity contribution in [2.24, 2.45) is 5.41 Å². The highest BCUT2D eigenvalue weighted by Crippen LogP contribution is 2.30. The summed E-state index contributed by atoms with van der Waals surface area (Å²) in [5, 5.41) is 3.56. The number of benzene rings is 1. The van der Waals surface area contributed by atoms with Crippen molar-refractivity contribution < 1.29 is 9.13 Å². The second-order valence-corrected chi connectivity index (χ2v) is 6.55. The fourth-order valence-electron chi connectivity index (χ4n) is 2.40. The van der Waals surface area contributed by atoms with E-state index < -0.39 is 0 Å². The van der Waals surface area contributed by atoms with E-state index in [2.05, 4.69) is 35.1 Å². The number of halogens is 2. The fourth-order valence-corrected chi connectivity index (χ4v) is 3.10. The maximum Gasteiger partial charge on any atom is 0.124 e. The van der Waals surface area contributed by atoms with E-state index in [0.29, 0.717) is 5.41 Å². The van der Waals surface area contributed by atoms with Crippen LogP contribution >= 0.6 is 15.9 Å². The van der Waals surface area contributed by atoms with Crippen molar-refractivity contribution in [2.75, 3.05) is 19.8 Å². The molecule has 1 aromatic rings. The Morgan fingerprint density at radius 3 is 2.74 bits per heavy atom. The summed E-state index contributed by atoms with van der Waals surface area (Å²) in [5.41, 5.74) is 1.40. The normalized spacial score (nSPS) is 20.2. The molecule has 0 aromatic heterocycles. The predicted molar refractivity (Wildman–Crippen MR) is 78.7 cm³/mol. The third-order valence-corrected chi connectivity index (χ3v) is 4.65. The molecule has 106 valence electrons. The minimum atomic E-state index is -0.209. The molecule has 0 bridgehead atoms. The van der Waals surface area contributed by atoms with Gasteiger partial charge in [0.1, 0.15) is 5.82 Å². The lowest BCUT2D eigenvalue weighted by atomic mass is 9.82. The Kier molecular flexibility index (Phi) is 4.98. The van der Waals surface area contributed by atoms with Gasteiger partial charge in [0.05, 0.1) is 0 Å². The first-order valence-electron chi connectivity index (χ1n) is 6.76. The molecule has 1 unspecified atom stereocenters. The quantitative estimate of drug-likeness (QED) is 0.899. The van der Waals surface area contributed by atoms with E-state index in [1.54, 1.807) is 0 Å². The molecule has 2 nitrogen and oxygen atoms in total. The molecule has 0 saturated carbocycles. The average Bonchev–Trinajstić information content (AvgIpc) is 2.37. The third-order valence-electron chi connectivity index (χ3n) is 3.96. The zero-order valence-electron chi connectivity index (χ0n) is 11.5. The molecule has 1 aliphatic heterocycles. The van der Waals surface area contributed by atoms with Crippen LogP contribution in [-0.2, 0) is 4.74 Å². The largest absolute Gasteiger partial charge is 0.381 e. The average molecular weight is 330 g/mol. The van der Waals surface area contributed by atoms with Crippen LogP contribution in [0.1, 0.15) is 38.3 Å². The van der Waals surface area contributed by atoms with E-state index in [9.17, 15) is 4.39 Å². The van der Waals surface area contributed by atoms with E-state index in [1.807, 2.05) is 6.07 Å². The van der Waals surface area contributed by atoms with Gasteiger partial charge in [-0.05, 0) is 42.9 Å². The van der Waals surface area contributed by atoms with E-state index in [1.165, 1.54) is 12.1 Å². The fraction of sp³-hybridized carbons (Fsp3) is 0.600. The van der Waals surface area contributed by atoms with Crippen LogP contribution in [0.4, 0.5) is 4.39 Å². The molecular formula is C15H21BrFNO. The first-order chi connectivity index (χ1) is 9.00. The Bertz CT molecular complexity index is 432. The monoisotopic (exact) mass is 329 g/mol. The molecule has 0 radical (unpaired) electrons. The molecule has 0 spiro atoms. The second-order valence-electron chi connectivity index (χ2n) is 5.69.